The van der Waals surface area contributed by atoms with Crippen LogP contribution in [0.2, 0.25) is 0 Å². The summed E-state index contributed by atoms with van der Waals surface area (Å²) in [4.78, 5) is 7.81. The first-order chi connectivity index (χ1) is 28.2. The molecule has 0 N–H and O–H groups in total. The zero-order valence-corrected chi connectivity index (χ0v) is 38.0. The second-order valence-electron chi connectivity index (χ2n) is 12.7. The maximum absolute atomic E-state index is 5.96. The van der Waals surface area contributed by atoms with Gasteiger partial charge in [0.2, 0.25) is 0 Å². The van der Waals surface area contributed by atoms with E-state index in [-0.39, 0.29) is 51.2 Å². The van der Waals surface area contributed by atoms with Gasteiger partial charge in [-0.3, -0.25) is 0 Å². The molecule has 0 aliphatic carbocycles. The molecule has 0 bridgehead atoms. The molecule has 12 heteroatoms. The predicted molar refractivity (Wildman–Crippen MR) is 243 cm³/mol. The number of rotatable bonds is 9. The summed E-state index contributed by atoms with van der Waals surface area (Å²) in [5, 5.41) is 0. The summed E-state index contributed by atoms with van der Waals surface area (Å²) in [6, 6.07) is 80.2. The van der Waals surface area contributed by atoms with E-state index in [1.807, 2.05) is 91.0 Å². The van der Waals surface area contributed by atoms with Gasteiger partial charge in [-0.05, 0) is 51.1 Å². The van der Waals surface area contributed by atoms with Crippen molar-refractivity contribution in [1.29, 1.82) is 0 Å². The molecule has 0 saturated carbocycles. The van der Waals surface area contributed by atoms with Crippen LogP contribution in [0.5, 0.6) is 0 Å². The SMILES string of the molecule is [Fe].[Fe].[Fe].c1cc[c-](B2OB([c-]3cccc3)OB([c-]3cccc3)O2)c1.c1ccc(S[c-]2cccc2)cc1.c1ccc(S[c-]2cccc2)cc1.c1ccc(S[c-]2cccc2)cc1. The van der Waals surface area contributed by atoms with E-state index in [9.17, 15) is 0 Å². The molecule has 306 valence electrons. The number of hydrogen-bond donors (Lipinski definition) is 0. The summed E-state index contributed by atoms with van der Waals surface area (Å²) in [5.41, 5.74) is 3.02. The molecule has 0 aromatic heterocycles. The molecule has 60 heavy (non-hydrogen) atoms. The summed E-state index contributed by atoms with van der Waals surface area (Å²) in [6.07, 6.45) is 0. The second kappa shape index (κ2) is 27.4. The monoisotopic (exact) mass is 960 g/mol. The van der Waals surface area contributed by atoms with Gasteiger partial charge in [0.1, 0.15) is 0 Å². The molecule has 1 heterocycles. The molecule has 3 nitrogen and oxygen atoms in total. The summed E-state index contributed by atoms with van der Waals surface area (Å²) < 4.78 is 17.9. The Morgan fingerprint density at radius 3 is 0.683 bits per heavy atom. The van der Waals surface area contributed by atoms with E-state index in [4.69, 9.17) is 13.7 Å². The van der Waals surface area contributed by atoms with Crippen molar-refractivity contribution in [1.82, 2.24) is 0 Å². The Labute approximate surface area is 400 Å². The van der Waals surface area contributed by atoms with Crippen molar-refractivity contribution >= 4 is 73.0 Å². The quantitative estimate of drug-likeness (QED) is 0.106. The minimum Gasteiger partial charge on any atom is -0.466 e. The van der Waals surface area contributed by atoms with E-state index in [1.54, 1.807) is 35.3 Å². The zero-order chi connectivity index (χ0) is 38.7. The number of hydrogen-bond acceptors (Lipinski definition) is 6. The average Bonchev–Trinajstić information content (AvgIpc) is 4.11. The molecule has 1 saturated heterocycles. The van der Waals surface area contributed by atoms with E-state index in [1.165, 1.54) is 29.4 Å². The van der Waals surface area contributed by atoms with Gasteiger partial charge < -0.3 is 13.7 Å². The van der Waals surface area contributed by atoms with E-state index in [0.717, 1.165) is 16.4 Å². The van der Waals surface area contributed by atoms with E-state index >= 15 is 0 Å². The molecule has 1 fully saturated rings. The van der Waals surface area contributed by atoms with E-state index in [2.05, 4.69) is 146 Å². The predicted octanol–water partition coefficient (Wildman–Crippen LogP) is 11.1. The van der Waals surface area contributed by atoms with Crippen molar-refractivity contribution in [2.45, 2.75) is 29.4 Å². The van der Waals surface area contributed by atoms with Crippen LogP contribution in [0.25, 0.3) is 0 Å². The van der Waals surface area contributed by atoms with Crippen LogP contribution in [0.1, 0.15) is 0 Å². The van der Waals surface area contributed by atoms with Crippen molar-refractivity contribution in [3.63, 3.8) is 0 Å². The zero-order valence-electron chi connectivity index (χ0n) is 32.3. The summed E-state index contributed by atoms with van der Waals surface area (Å²) in [5.74, 6) is 0. The normalized spacial score (nSPS) is 11.5. The average molecular weight is 960 g/mol. The van der Waals surface area contributed by atoms with E-state index in [0.29, 0.717) is 0 Å². The Morgan fingerprint density at radius 1 is 0.267 bits per heavy atom. The van der Waals surface area contributed by atoms with Crippen LogP contribution in [0, 0.1) is 0 Å². The summed E-state index contributed by atoms with van der Waals surface area (Å²) >= 11 is 5.38. The van der Waals surface area contributed by atoms with Crippen LogP contribution in [0.4, 0.5) is 0 Å². The third kappa shape index (κ3) is 16.0. The molecule has 0 amide bonds. The Bertz CT molecular complexity index is 2040. The van der Waals surface area contributed by atoms with Crippen molar-refractivity contribution in [3.05, 3.63) is 237 Å². The first kappa shape index (κ1) is 49.1. The smallest absolute Gasteiger partial charge is 0.389 e. The summed E-state index contributed by atoms with van der Waals surface area (Å²) in [7, 11) is -1.27. The van der Waals surface area contributed by atoms with Crippen LogP contribution >= 0.6 is 35.3 Å². The Kier molecular flexibility index (Phi) is 22.4. The molecule has 0 atom stereocenters. The standard InChI is InChI=1S/C15H12B3O3.3C11H9S.3Fe/c1-2-8-13(7-1)16-19-17(14-9-3-4-10-14)21-18(20-16)15-11-5-6-12-15;3*1-2-6-10(7-3-1)12-11-8-4-5-9-11;;;/h1-12H;3*1-9H;;;/q-3;3*-1;;;. The van der Waals surface area contributed by atoms with Crippen LogP contribution in [0.15, 0.2) is 266 Å². The van der Waals surface area contributed by atoms with Gasteiger partial charge in [0.05, 0.1) is 0 Å². The van der Waals surface area contributed by atoms with Gasteiger partial charge in [-0.2, -0.15) is 108 Å². The third-order valence-corrected chi connectivity index (χ3v) is 11.5. The van der Waals surface area contributed by atoms with Crippen molar-refractivity contribution in [2.75, 3.05) is 0 Å². The van der Waals surface area contributed by atoms with Gasteiger partial charge in [-0.25, -0.2) is 72.8 Å². The fraction of sp³-hybridized carbons (Fsp3) is 0. The molecule has 0 unspecified atom stereocenters. The van der Waals surface area contributed by atoms with Crippen LogP contribution < -0.4 is 16.4 Å². The molecule has 0 spiro atoms. The van der Waals surface area contributed by atoms with E-state index < -0.39 is 21.4 Å². The van der Waals surface area contributed by atoms with Gasteiger partial charge in [0.15, 0.2) is 0 Å². The molecule has 9 aromatic rings. The second-order valence-corrected chi connectivity index (χ2v) is 16.1. The number of benzene rings is 3. The first-order valence-electron chi connectivity index (χ1n) is 18.7. The molecule has 0 radical (unpaired) electrons. The Morgan fingerprint density at radius 2 is 0.467 bits per heavy atom. The van der Waals surface area contributed by atoms with Crippen LogP contribution in [0.3, 0.4) is 0 Å². The van der Waals surface area contributed by atoms with Gasteiger partial charge in [0, 0.05) is 51.2 Å². The maximum atomic E-state index is 5.96. The first-order valence-corrected chi connectivity index (χ1v) is 21.2. The van der Waals surface area contributed by atoms with Gasteiger partial charge in [-0.1, -0.05) is 69.3 Å². The molecular weight excluding hydrogens is 921 g/mol. The largest absolute Gasteiger partial charge is 0.466 e. The Balaban J connectivity index is 0.000000180. The van der Waals surface area contributed by atoms with Gasteiger partial charge >= 0.3 is 21.4 Å². The van der Waals surface area contributed by atoms with Crippen molar-refractivity contribution < 1.29 is 64.9 Å². The molecule has 10 rings (SSSR count). The Hall–Kier alpha value is -3.56. The topological polar surface area (TPSA) is 27.7 Å². The minimum absolute atomic E-state index is 0. The van der Waals surface area contributed by atoms with Gasteiger partial charge in [-0.15, -0.1) is 16.4 Å². The maximum Gasteiger partial charge on any atom is 0.389 e. The third-order valence-electron chi connectivity index (χ3n) is 8.46. The van der Waals surface area contributed by atoms with Crippen LogP contribution in [-0.2, 0) is 64.9 Å². The fourth-order valence-corrected chi connectivity index (χ4v) is 8.27. The van der Waals surface area contributed by atoms with Crippen LogP contribution in [-0.4, -0.2) is 21.4 Å². The fourth-order valence-electron chi connectivity index (χ4n) is 5.69. The minimum atomic E-state index is -0.423. The van der Waals surface area contributed by atoms with Crippen molar-refractivity contribution in [2.24, 2.45) is 0 Å². The molecule has 1 aliphatic heterocycles. The molecule has 1 aliphatic rings. The summed E-state index contributed by atoms with van der Waals surface area (Å²) in [6.45, 7) is 0. The molecule has 9 aromatic carbocycles. The van der Waals surface area contributed by atoms with Gasteiger partial charge in [0.25, 0.3) is 0 Å². The van der Waals surface area contributed by atoms with Crippen molar-refractivity contribution in [3.8, 4) is 0 Å². The molecular formula is C48H39B3Fe3O3S3-6.